The smallest absolute Gasteiger partial charge is 0.122 e. The minimum Gasteiger partial charge on any atom is -0.496 e. The van der Waals surface area contributed by atoms with Crippen LogP contribution in [-0.2, 0) is 0 Å². The quantitative estimate of drug-likeness (QED) is 0.789. The van der Waals surface area contributed by atoms with E-state index in [0.717, 1.165) is 23.3 Å². The Morgan fingerprint density at radius 2 is 2.19 bits per heavy atom. The number of hydrogen-bond donors (Lipinski definition) is 1. The zero-order valence-corrected chi connectivity index (χ0v) is 9.99. The highest BCUT2D eigenvalue weighted by Gasteiger charge is 2.15. The molecule has 2 nitrogen and oxygen atoms in total. The summed E-state index contributed by atoms with van der Waals surface area (Å²) in [5, 5.41) is 0. The van der Waals surface area contributed by atoms with Gasteiger partial charge in [-0.15, -0.1) is 0 Å². The molecule has 0 spiro atoms. The standard InChI is InChI=1S/C14H19NO/c1-10-7-8-12(9-13(10)16-2)14(15)11-5-3-4-6-11/h5,7-9,14H,3-4,6,15H2,1-2H3. The van der Waals surface area contributed by atoms with E-state index >= 15 is 0 Å². The van der Waals surface area contributed by atoms with Crippen LogP contribution in [0.15, 0.2) is 29.8 Å². The summed E-state index contributed by atoms with van der Waals surface area (Å²) < 4.78 is 5.32. The van der Waals surface area contributed by atoms with E-state index < -0.39 is 0 Å². The summed E-state index contributed by atoms with van der Waals surface area (Å²) >= 11 is 0. The molecule has 0 bridgehead atoms. The van der Waals surface area contributed by atoms with Crippen LogP contribution in [0.2, 0.25) is 0 Å². The van der Waals surface area contributed by atoms with Crippen molar-refractivity contribution in [2.75, 3.05) is 7.11 Å². The van der Waals surface area contributed by atoms with Gasteiger partial charge >= 0.3 is 0 Å². The largest absolute Gasteiger partial charge is 0.496 e. The second kappa shape index (κ2) is 4.71. The Kier molecular flexibility index (Phi) is 3.30. The zero-order chi connectivity index (χ0) is 11.5. The van der Waals surface area contributed by atoms with E-state index in [-0.39, 0.29) is 6.04 Å². The molecule has 1 aromatic carbocycles. The van der Waals surface area contributed by atoms with Gasteiger partial charge in [-0.1, -0.05) is 23.8 Å². The van der Waals surface area contributed by atoms with E-state index in [2.05, 4.69) is 24.3 Å². The maximum atomic E-state index is 6.25. The van der Waals surface area contributed by atoms with Crippen molar-refractivity contribution in [3.8, 4) is 5.75 Å². The molecule has 1 unspecified atom stereocenters. The van der Waals surface area contributed by atoms with Crippen LogP contribution in [-0.4, -0.2) is 7.11 Å². The molecule has 86 valence electrons. The summed E-state index contributed by atoms with van der Waals surface area (Å²) in [7, 11) is 1.70. The van der Waals surface area contributed by atoms with Crippen LogP contribution < -0.4 is 10.5 Å². The van der Waals surface area contributed by atoms with Gasteiger partial charge in [0.2, 0.25) is 0 Å². The first-order chi connectivity index (χ1) is 7.72. The highest BCUT2D eigenvalue weighted by atomic mass is 16.5. The molecule has 2 rings (SSSR count). The lowest BCUT2D eigenvalue weighted by molar-refractivity contribution is 0.411. The lowest BCUT2D eigenvalue weighted by Crippen LogP contribution is -2.12. The molecule has 1 atom stereocenters. The fourth-order valence-electron chi connectivity index (χ4n) is 2.22. The zero-order valence-electron chi connectivity index (χ0n) is 9.99. The Morgan fingerprint density at radius 1 is 1.38 bits per heavy atom. The molecule has 0 heterocycles. The Labute approximate surface area is 97.1 Å². The first-order valence-corrected chi connectivity index (χ1v) is 5.81. The molecule has 0 aromatic heterocycles. The lowest BCUT2D eigenvalue weighted by Gasteiger charge is -2.15. The molecule has 0 amide bonds. The van der Waals surface area contributed by atoms with Crippen molar-refractivity contribution in [2.45, 2.75) is 32.2 Å². The second-order valence-corrected chi connectivity index (χ2v) is 4.38. The van der Waals surface area contributed by atoms with E-state index in [1.165, 1.54) is 18.4 Å². The fraction of sp³-hybridized carbons (Fsp3) is 0.429. The Bertz CT molecular complexity index is 409. The third-order valence-electron chi connectivity index (χ3n) is 3.27. The lowest BCUT2D eigenvalue weighted by atomic mass is 9.98. The minimum atomic E-state index is 0.0389. The maximum Gasteiger partial charge on any atom is 0.122 e. The SMILES string of the molecule is COc1cc(C(N)C2=CCCC2)ccc1C. The van der Waals surface area contributed by atoms with E-state index in [9.17, 15) is 0 Å². The summed E-state index contributed by atoms with van der Waals surface area (Å²) in [6.45, 7) is 2.04. The molecule has 0 radical (unpaired) electrons. The number of allylic oxidation sites excluding steroid dienone is 1. The van der Waals surface area contributed by atoms with Crippen LogP contribution >= 0.6 is 0 Å². The van der Waals surface area contributed by atoms with Gasteiger partial charge in [0, 0.05) is 0 Å². The highest BCUT2D eigenvalue weighted by Crippen LogP contribution is 2.31. The summed E-state index contributed by atoms with van der Waals surface area (Å²) in [5.41, 5.74) is 9.92. The fourth-order valence-corrected chi connectivity index (χ4v) is 2.22. The first kappa shape index (κ1) is 11.2. The van der Waals surface area contributed by atoms with Crippen molar-refractivity contribution < 1.29 is 4.74 Å². The molecule has 0 aliphatic heterocycles. The van der Waals surface area contributed by atoms with Crippen LogP contribution in [0.1, 0.15) is 36.4 Å². The van der Waals surface area contributed by atoms with Crippen LogP contribution in [0.25, 0.3) is 0 Å². The van der Waals surface area contributed by atoms with Gasteiger partial charge in [-0.05, 0) is 43.4 Å². The molecule has 2 heteroatoms. The van der Waals surface area contributed by atoms with Gasteiger partial charge in [0.05, 0.1) is 13.2 Å². The van der Waals surface area contributed by atoms with Crippen LogP contribution in [0, 0.1) is 6.92 Å². The normalized spacial score (nSPS) is 17.1. The Morgan fingerprint density at radius 3 is 2.81 bits per heavy atom. The van der Waals surface area contributed by atoms with Crippen molar-refractivity contribution in [3.63, 3.8) is 0 Å². The van der Waals surface area contributed by atoms with Gasteiger partial charge < -0.3 is 10.5 Å². The topological polar surface area (TPSA) is 35.2 Å². The van der Waals surface area contributed by atoms with Crippen LogP contribution in [0.4, 0.5) is 0 Å². The summed E-state index contributed by atoms with van der Waals surface area (Å²) in [4.78, 5) is 0. The highest BCUT2D eigenvalue weighted by molar-refractivity contribution is 5.40. The number of nitrogens with two attached hydrogens (primary N) is 1. The Hall–Kier alpha value is -1.28. The maximum absolute atomic E-state index is 6.25. The molecule has 1 aromatic rings. The number of methoxy groups -OCH3 is 1. The first-order valence-electron chi connectivity index (χ1n) is 5.81. The van der Waals surface area contributed by atoms with Gasteiger partial charge in [-0.2, -0.15) is 0 Å². The number of aryl methyl sites for hydroxylation is 1. The van der Waals surface area contributed by atoms with Gasteiger partial charge in [-0.3, -0.25) is 0 Å². The third-order valence-corrected chi connectivity index (χ3v) is 3.27. The van der Waals surface area contributed by atoms with Gasteiger partial charge in [0.15, 0.2) is 0 Å². The van der Waals surface area contributed by atoms with E-state index in [0.29, 0.717) is 0 Å². The summed E-state index contributed by atoms with van der Waals surface area (Å²) in [5.74, 6) is 0.923. The van der Waals surface area contributed by atoms with Crippen molar-refractivity contribution in [1.82, 2.24) is 0 Å². The average molecular weight is 217 g/mol. The molecule has 1 aliphatic rings. The Balaban J connectivity index is 2.26. The predicted molar refractivity (Wildman–Crippen MR) is 66.6 cm³/mol. The molecule has 16 heavy (non-hydrogen) atoms. The van der Waals surface area contributed by atoms with Crippen molar-refractivity contribution >= 4 is 0 Å². The summed E-state index contributed by atoms with van der Waals surface area (Å²) in [6, 6.07) is 6.27. The molecule has 1 aliphatic carbocycles. The van der Waals surface area contributed by atoms with Crippen LogP contribution in [0.5, 0.6) is 5.75 Å². The predicted octanol–water partition coefficient (Wildman–Crippen LogP) is 3.11. The molecular weight excluding hydrogens is 198 g/mol. The van der Waals surface area contributed by atoms with E-state index in [4.69, 9.17) is 10.5 Å². The minimum absolute atomic E-state index is 0.0389. The number of benzene rings is 1. The van der Waals surface area contributed by atoms with Crippen molar-refractivity contribution in [1.29, 1.82) is 0 Å². The average Bonchev–Trinajstić information content (AvgIpc) is 2.82. The number of hydrogen-bond acceptors (Lipinski definition) is 2. The van der Waals surface area contributed by atoms with Crippen molar-refractivity contribution in [2.24, 2.45) is 5.73 Å². The number of rotatable bonds is 3. The number of ether oxygens (including phenoxy) is 1. The van der Waals surface area contributed by atoms with Crippen molar-refractivity contribution in [3.05, 3.63) is 41.0 Å². The van der Waals surface area contributed by atoms with Crippen LogP contribution in [0.3, 0.4) is 0 Å². The van der Waals surface area contributed by atoms with Gasteiger partial charge in [-0.25, -0.2) is 0 Å². The van der Waals surface area contributed by atoms with E-state index in [1.807, 2.05) is 6.92 Å². The molecular formula is C14H19NO. The summed E-state index contributed by atoms with van der Waals surface area (Å²) in [6.07, 6.45) is 5.83. The van der Waals surface area contributed by atoms with Gasteiger partial charge in [0.1, 0.15) is 5.75 Å². The molecule has 2 N–H and O–H groups in total. The second-order valence-electron chi connectivity index (χ2n) is 4.38. The molecule has 0 saturated carbocycles. The monoisotopic (exact) mass is 217 g/mol. The molecule has 0 saturated heterocycles. The third kappa shape index (κ3) is 2.12. The van der Waals surface area contributed by atoms with E-state index in [1.54, 1.807) is 7.11 Å². The van der Waals surface area contributed by atoms with Gasteiger partial charge in [0.25, 0.3) is 0 Å². The molecule has 0 fully saturated rings.